The Morgan fingerprint density at radius 2 is 1.85 bits per heavy atom. The van der Waals surface area contributed by atoms with Crippen molar-refractivity contribution in [3.05, 3.63) is 75.8 Å². The summed E-state index contributed by atoms with van der Waals surface area (Å²) < 4.78 is 0. The molecule has 0 bridgehead atoms. The molecule has 40 heavy (non-hydrogen) atoms. The predicted molar refractivity (Wildman–Crippen MR) is 143 cm³/mol. The van der Waals surface area contributed by atoms with Gasteiger partial charge in [-0.2, -0.15) is 0 Å². The Bertz CT molecular complexity index is 1540. The highest BCUT2D eigenvalue weighted by Crippen LogP contribution is 2.52. The number of nitrogens with one attached hydrogen (secondary N) is 1. The summed E-state index contributed by atoms with van der Waals surface area (Å²) >= 11 is 0. The number of Topliss-reactive ketones (excluding diaryl/α,β-unsaturated/α-hetero) is 2. The number of ketones is 2. The predicted octanol–water partition coefficient (Wildman–Crippen LogP) is 2.78. The first kappa shape index (κ1) is 27.1. The van der Waals surface area contributed by atoms with Gasteiger partial charge in [-0.3, -0.25) is 19.2 Å². The van der Waals surface area contributed by atoms with Crippen LogP contribution in [0.2, 0.25) is 0 Å². The van der Waals surface area contributed by atoms with E-state index in [0.29, 0.717) is 28.8 Å². The van der Waals surface area contributed by atoms with Gasteiger partial charge in [0, 0.05) is 30.0 Å². The second-order valence-corrected chi connectivity index (χ2v) is 10.6. The molecule has 0 heterocycles. The number of primary amides is 1. The van der Waals surface area contributed by atoms with Crippen LogP contribution in [0.4, 0.5) is 0 Å². The average Bonchev–Trinajstić information content (AvgIpc) is 2.90. The van der Waals surface area contributed by atoms with Crippen molar-refractivity contribution in [2.24, 2.45) is 17.6 Å². The number of carbonyl (C=O) groups excluding carboxylic acids is 4. The SMILES string of the molecule is CCCCNC(=O)c1cccc(-c2ccc(O)c3c2C[C@H]2C[C@H]4CC(O)=C(C(N)=O)C(=O)[C@@]4(O)C(O)=C2C3=O)c1. The lowest BCUT2D eigenvalue weighted by Crippen LogP contribution is -2.57. The highest BCUT2D eigenvalue weighted by Gasteiger charge is 2.59. The molecule has 3 atom stereocenters. The maximum atomic E-state index is 13.8. The van der Waals surface area contributed by atoms with Gasteiger partial charge in [0.25, 0.3) is 11.8 Å². The van der Waals surface area contributed by atoms with E-state index in [1.807, 2.05) is 6.92 Å². The fourth-order valence-corrected chi connectivity index (χ4v) is 6.20. The summed E-state index contributed by atoms with van der Waals surface area (Å²) in [6.07, 6.45) is 1.71. The van der Waals surface area contributed by atoms with Gasteiger partial charge in [0.2, 0.25) is 5.78 Å². The first-order valence-corrected chi connectivity index (χ1v) is 13.2. The number of aliphatic hydroxyl groups is 3. The molecule has 0 radical (unpaired) electrons. The van der Waals surface area contributed by atoms with Gasteiger partial charge in [-0.1, -0.05) is 31.5 Å². The van der Waals surface area contributed by atoms with Gasteiger partial charge in [0.15, 0.2) is 11.4 Å². The molecule has 0 aromatic heterocycles. The molecular formula is C30H30N2O8. The zero-order chi connectivity index (χ0) is 28.9. The van der Waals surface area contributed by atoms with Crippen molar-refractivity contribution in [3.63, 3.8) is 0 Å². The van der Waals surface area contributed by atoms with E-state index in [9.17, 15) is 39.6 Å². The number of aromatic hydroxyl groups is 1. The summed E-state index contributed by atoms with van der Waals surface area (Å²) in [6, 6.07) is 9.90. The molecule has 2 amide bonds. The molecule has 0 unspecified atom stereocenters. The van der Waals surface area contributed by atoms with Gasteiger partial charge >= 0.3 is 0 Å². The number of hydrogen-bond acceptors (Lipinski definition) is 8. The first-order chi connectivity index (χ1) is 19.0. The number of fused-ring (bicyclic) bond motifs is 3. The van der Waals surface area contributed by atoms with Crippen LogP contribution in [0, 0.1) is 11.8 Å². The molecule has 0 aliphatic heterocycles. The molecule has 0 spiro atoms. The summed E-state index contributed by atoms with van der Waals surface area (Å²) in [4.78, 5) is 51.3. The van der Waals surface area contributed by atoms with E-state index >= 15 is 0 Å². The molecule has 7 N–H and O–H groups in total. The van der Waals surface area contributed by atoms with Crippen LogP contribution in [-0.4, -0.2) is 56.0 Å². The van der Waals surface area contributed by atoms with Crippen molar-refractivity contribution in [1.82, 2.24) is 5.32 Å². The Labute approximate surface area is 229 Å². The molecule has 10 nitrogen and oxygen atoms in total. The van der Waals surface area contributed by atoms with Crippen LogP contribution in [-0.2, 0) is 16.0 Å². The number of aliphatic hydroxyl groups excluding tert-OH is 2. The number of benzene rings is 2. The monoisotopic (exact) mass is 546 g/mol. The third-order valence-corrected chi connectivity index (χ3v) is 8.20. The minimum Gasteiger partial charge on any atom is -0.511 e. The van der Waals surface area contributed by atoms with Crippen LogP contribution < -0.4 is 11.1 Å². The normalized spacial score (nSPS) is 23.9. The summed E-state index contributed by atoms with van der Waals surface area (Å²) in [5.74, 6) is -6.96. The maximum absolute atomic E-state index is 13.8. The van der Waals surface area contributed by atoms with Crippen molar-refractivity contribution < 1.29 is 39.6 Å². The summed E-state index contributed by atoms with van der Waals surface area (Å²) in [5.41, 5.74) is 3.72. The second kappa shape index (κ2) is 9.95. The highest BCUT2D eigenvalue weighted by atomic mass is 16.3. The Morgan fingerprint density at radius 3 is 2.55 bits per heavy atom. The lowest BCUT2D eigenvalue weighted by molar-refractivity contribution is -0.144. The number of hydrogen-bond donors (Lipinski definition) is 6. The van der Waals surface area contributed by atoms with Crippen molar-refractivity contribution >= 4 is 23.4 Å². The van der Waals surface area contributed by atoms with Gasteiger partial charge < -0.3 is 31.5 Å². The number of nitrogens with two attached hydrogens (primary N) is 1. The first-order valence-electron chi connectivity index (χ1n) is 13.2. The molecule has 3 aliphatic carbocycles. The molecule has 0 saturated carbocycles. The summed E-state index contributed by atoms with van der Waals surface area (Å²) in [7, 11) is 0. The van der Waals surface area contributed by atoms with Crippen molar-refractivity contribution in [2.45, 2.75) is 44.6 Å². The average molecular weight is 547 g/mol. The highest BCUT2D eigenvalue weighted by molar-refractivity contribution is 6.24. The number of amides is 2. The van der Waals surface area contributed by atoms with E-state index in [0.717, 1.165) is 12.8 Å². The molecule has 208 valence electrons. The Balaban J connectivity index is 1.58. The Morgan fingerprint density at radius 1 is 1.10 bits per heavy atom. The minimum absolute atomic E-state index is 0.0396. The Hall–Kier alpha value is -4.44. The van der Waals surface area contributed by atoms with Crippen molar-refractivity contribution in [2.75, 3.05) is 6.54 Å². The zero-order valence-electron chi connectivity index (χ0n) is 21.9. The third kappa shape index (κ3) is 4.06. The molecule has 0 saturated heterocycles. The smallest absolute Gasteiger partial charge is 0.255 e. The van der Waals surface area contributed by atoms with Crippen molar-refractivity contribution in [3.8, 4) is 16.9 Å². The molecule has 10 heteroatoms. The molecule has 3 aliphatic rings. The van der Waals surface area contributed by atoms with Crippen molar-refractivity contribution in [1.29, 1.82) is 0 Å². The van der Waals surface area contributed by atoms with Gasteiger partial charge in [0.05, 0.1) is 5.56 Å². The van der Waals surface area contributed by atoms with E-state index in [4.69, 9.17) is 5.73 Å². The molecule has 2 aromatic rings. The van der Waals surface area contributed by atoms with Crippen LogP contribution in [0.1, 0.15) is 58.9 Å². The van der Waals surface area contributed by atoms with Gasteiger partial charge in [0.1, 0.15) is 22.8 Å². The summed E-state index contributed by atoms with van der Waals surface area (Å²) in [5, 5.41) is 46.5. The van der Waals surface area contributed by atoms with E-state index in [2.05, 4.69) is 5.32 Å². The zero-order valence-corrected chi connectivity index (χ0v) is 21.9. The molecule has 0 fully saturated rings. The van der Waals surface area contributed by atoms with E-state index in [1.54, 1.807) is 30.3 Å². The third-order valence-electron chi connectivity index (χ3n) is 8.20. The lowest BCUT2D eigenvalue weighted by atomic mass is 9.60. The van der Waals surface area contributed by atoms with Gasteiger partial charge in [-0.25, -0.2) is 0 Å². The lowest BCUT2D eigenvalue weighted by Gasteiger charge is -2.45. The van der Waals surface area contributed by atoms with Crippen LogP contribution in [0.15, 0.2) is 59.1 Å². The van der Waals surface area contributed by atoms with E-state index in [-0.39, 0.29) is 42.1 Å². The minimum atomic E-state index is -2.61. The number of carbonyl (C=O) groups is 4. The number of unbranched alkanes of at least 4 members (excludes halogenated alkanes) is 1. The topological polar surface area (TPSA) is 187 Å². The summed E-state index contributed by atoms with van der Waals surface area (Å²) in [6.45, 7) is 2.57. The van der Waals surface area contributed by atoms with Gasteiger partial charge in [-0.05, 0) is 60.1 Å². The fourth-order valence-electron chi connectivity index (χ4n) is 6.20. The van der Waals surface area contributed by atoms with Crippen LogP contribution in [0.3, 0.4) is 0 Å². The fraction of sp³-hybridized carbons (Fsp3) is 0.333. The number of phenols is 1. The van der Waals surface area contributed by atoms with Crippen LogP contribution in [0.5, 0.6) is 5.75 Å². The maximum Gasteiger partial charge on any atom is 0.255 e. The quantitative estimate of drug-likeness (QED) is 0.236. The molecule has 2 aromatic carbocycles. The number of rotatable bonds is 6. The molecular weight excluding hydrogens is 516 g/mol. The number of phenolic OH excluding ortho intramolecular Hbond substituents is 1. The van der Waals surface area contributed by atoms with Gasteiger partial charge in [-0.15, -0.1) is 0 Å². The van der Waals surface area contributed by atoms with Crippen LogP contribution in [0.25, 0.3) is 11.1 Å². The largest absolute Gasteiger partial charge is 0.511 e. The number of allylic oxidation sites excluding steroid dienone is 2. The standard InChI is InChI=1S/C30H30N2O8/c1-2-3-9-32-29(39)15-6-4-5-14(10-15)18-7-8-20(33)23-19(18)12-16-11-17-13-21(34)24(28(31)38)27(37)30(17,40)26(36)22(16)25(23)35/h4-8,10,16-17,33-34,36,40H,2-3,9,11-13H2,1H3,(H2,31,38)(H,32,39)/t16-,17+,30+/m1/s1. The second-order valence-electron chi connectivity index (χ2n) is 10.6. The molecule has 5 rings (SSSR count). The van der Waals surface area contributed by atoms with E-state index < -0.39 is 52.0 Å². The van der Waals surface area contributed by atoms with E-state index in [1.165, 1.54) is 6.07 Å². The Kier molecular flexibility index (Phi) is 6.75. The van der Waals surface area contributed by atoms with Crippen LogP contribution >= 0.6 is 0 Å².